The summed E-state index contributed by atoms with van der Waals surface area (Å²) in [6.07, 6.45) is 15.1. The van der Waals surface area contributed by atoms with Crippen molar-refractivity contribution in [1.82, 2.24) is 0 Å². The van der Waals surface area contributed by atoms with Crippen LogP contribution in [0.25, 0.3) is 0 Å². The zero-order chi connectivity index (χ0) is 21.9. The second kappa shape index (κ2) is 12.8. The van der Waals surface area contributed by atoms with Gasteiger partial charge in [0, 0.05) is 0 Å². The molecule has 0 aromatic heterocycles. The maximum atomic E-state index is 13.1. The Morgan fingerprint density at radius 3 is 2.07 bits per heavy atom. The molecule has 170 valence electrons. The van der Waals surface area contributed by atoms with Gasteiger partial charge in [-0.25, -0.2) is 4.79 Å². The minimum absolute atomic E-state index is 0.176. The Kier molecular flexibility index (Phi) is 10.4. The molecule has 0 unspecified atom stereocenters. The highest BCUT2D eigenvalue weighted by molar-refractivity contribution is 5.61. The van der Waals surface area contributed by atoms with Crippen LogP contribution >= 0.6 is 0 Å². The minimum Gasteiger partial charge on any atom is -0.491 e. The summed E-state index contributed by atoms with van der Waals surface area (Å²) in [6.45, 7) is 4.13. The van der Waals surface area contributed by atoms with Crippen molar-refractivity contribution < 1.29 is 28.2 Å². The summed E-state index contributed by atoms with van der Waals surface area (Å²) in [6, 6.07) is 2.08. The van der Waals surface area contributed by atoms with E-state index in [9.17, 15) is 13.6 Å². The third-order valence-corrected chi connectivity index (χ3v) is 6.41. The van der Waals surface area contributed by atoms with Crippen molar-refractivity contribution >= 4 is 6.16 Å². The summed E-state index contributed by atoms with van der Waals surface area (Å²) in [5.74, 6) is -0.287. The summed E-state index contributed by atoms with van der Waals surface area (Å²) >= 11 is 0. The molecular formula is C24H36F2O4. The maximum Gasteiger partial charge on any atom is 0.511 e. The van der Waals surface area contributed by atoms with E-state index in [1.807, 2.05) is 0 Å². The molecule has 0 atom stereocenters. The number of hydrogen-bond acceptors (Lipinski definition) is 3. The minimum atomic E-state index is -1.71. The molecular weight excluding hydrogens is 390 g/mol. The van der Waals surface area contributed by atoms with Crippen LogP contribution in [0, 0.1) is 29.4 Å². The van der Waals surface area contributed by atoms with Gasteiger partial charge in [0.1, 0.15) is 0 Å². The summed E-state index contributed by atoms with van der Waals surface area (Å²) in [5, 5.41) is 8.21. The standard InChI is InChI=1S/C15H28.C9H8F2O4/c1-2-6-13-9-11-15(12-10-13)14-7-4-3-5-8-14;1-2-14-5-3-4-6(15-9(12)13)8(11)7(5)10/h13-15H,2-12H2,1H3;3-4H,2H2,1H3,(H,12,13). The number of ether oxygens (including phenoxy) is 2. The topological polar surface area (TPSA) is 55.8 Å². The van der Waals surface area contributed by atoms with Gasteiger partial charge in [0.15, 0.2) is 11.5 Å². The molecule has 3 rings (SSSR count). The molecule has 0 amide bonds. The molecule has 0 heterocycles. The molecule has 2 fully saturated rings. The predicted octanol–water partition coefficient (Wildman–Crippen LogP) is 7.59. The van der Waals surface area contributed by atoms with Crippen molar-refractivity contribution in [1.29, 1.82) is 0 Å². The fraction of sp³-hybridized carbons (Fsp3) is 0.708. The highest BCUT2D eigenvalue weighted by atomic mass is 19.2. The molecule has 4 nitrogen and oxygen atoms in total. The first-order valence-corrected chi connectivity index (χ1v) is 11.5. The van der Waals surface area contributed by atoms with Crippen LogP contribution in [0.5, 0.6) is 11.5 Å². The second-order valence-corrected chi connectivity index (χ2v) is 8.46. The summed E-state index contributed by atoms with van der Waals surface area (Å²) in [4.78, 5) is 10.1. The fourth-order valence-electron chi connectivity index (χ4n) is 4.92. The average molecular weight is 427 g/mol. The Bertz CT molecular complexity index is 651. The quantitative estimate of drug-likeness (QED) is 0.376. The maximum absolute atomic E-state index is 13.1. The van der Waals surface area contributed by atoms with Gasteiger partial charge >= 0.3 is 6.16 Å². The van der Waals surface area contributed by atoms with E-state index in [4.69, 9.17) is 9.84 Å². The van der Waals surface area contributed by atoms with Crippen LogP contribution in [0.2, 0.25) is 0 Å². The zero-order valence-corrected chi connectivity index (χ0v) is 18.3. The van der Waals surface area contributed by atoms with Crippen molar-refractivity contribution in [3.05, 3.63) is 23.8 Å². The van der Waals surface area contributed by atoms with E-state index in [1.165, 1.54) is 32.1 Å². The highest BCUT2D eigenvalue weighted by Crippen LogP contribution is 2.40. The Morgan fingerprint density at radius 2 is 1.50 bits per heavy atom. The summed E-state index contributed by atoms with van der Waals surface area (Å²) in [5.41, 5.74) is 0. The first-order valence-electron chi connectivity index (χ1n) is 11.5. The first-order chi connectivity index (χ1) is 14.5. The molecule has 1 aromatic rings. The Labute approximate surface area is 179 Å². The average Bonchev–Trinajstić information content (AvgIpc) is 2.75. The van der Waals surface area contributed by atoms with E-state index >= 15 is 0 Å². The van der Waals surface area contributed by atoms with Crippen molar-refractivity contribution in [2.45, 2.75) is 84.5 Å². The van der Waals surface area contributed by atoms with Crippen molar-refractivity contribution in [2.75, 3.05) is 6.61 Å². The Morgan fingerprint density at radius 1 is 0.933 bits per heavy atom. The zero-order valence-electron chi connectivity index (χ0n) is 18.3. The third kappa shape index (κ3) is 7.44. The smallest absolute Gasteiger partial charge is 0.491 e. The van der Waals surface area contributed by atoms with Crippen molar-refractivity contribution in [3.8, 4) is 11.5 Å². The lowest BCUT2D eigenvalue weighted by Gasteiger charge is -2.35. The lowest BCUT2D eigenvalue weighted by molar-refractivity contribution is 0.142. The largest absolute Gasteiger partial charge is 0.511 e. The molecule has 2 aliphatic rings. The third-order valence-electron chi connectivity index (χ3n) is 6.41. The van der Waals surface area contributed by atoms with Crippen molar-refractivity contribution in [3.63, 3.8) is 0 Å². The first kappa shape index (κ1) is 24.4. The van der Waals surface area contributed by atoms with E-state index in [0.29, 0.717) is 0 Å². The van der Waals surface area contributed by atoms with Crippen LogP contribution in [0.15, 0.2) is 12.1 Å². The molecule has 1 N–H and O–H groups in total. The van der Waals surface area contributed by atoms with Gasteiger partial charge in [0.25, 0.3) is 0 Å². The Balaban J connectivity index is 0.000000214. The molecule has 30 heavy (non-hydrogen) atoms. The molecule has 2 saturated carbocycles. The molecule has 0 spiro atoms. The normalized spacial score (nSPS) is 22.0. The second-order valence-electron chi connectivity index (χ2n) is 8.46. The monoisotopic (exact) mass is 426 g/mol. The van der Waals surface area contributed by atoms with Gasteiger partial charge in [-0.2, -0.15) is 8.78 Å². The summed E-state index contributed by atoms with van der Waals surface area (Å²) < 4.78 is 35.0. The lowest BCUT2D eigenvalue weighted by Crippen LogP contribution is -2.23. The van der Waals surface area contributed by atoms with Crippen LogP contribution in [0.3, 0.4) is 0 Å². The summed E-state index contributed by atoms with van der Waals surface area (Å²) in [7, 11) is 0. The SMILES string of the molecule is CCCC1CCC(C2CCCCC2)CC1.CCOc1ccc(OC(=O)O)c(F)c1F. The van der Waals surface area contributed by atoms with Crippen LogP contribution in [0.1, 0.15) is 84.5 Å². The van der Waals surface area contributed by atoms with E-state index in [0.717, 1.165) is 29.9 Å². The molecule has 1 aromatic carbocycles. The van der Waals surface area contributed by atoms with Crippen LogP contribution in [-0.4, -0.2) is 17.9 Å². The van der Waals surface area contributed by atoms with E-state index < -0.39 is 23.5 Å². The van der Waals surface area contributed by atoms with E-state index in [2.05, 4.69) is 11.7 Å². The molecule has 2 aliphatic carbocycles. The molecule has 0 saturated heterocycles. The van der Waals surface area contributed by atoms with Gasteiger partial charge in [-0.3, -0.25) is 0 Å². The number of rotatable bonds is 6. The molecule has 0 radical (unpaired) electrons. The van der Waals surface area contributed by atoms with E-state index in [1.54, 1.807) is 45.4 Å². The number of benzene rings is 1. The van der Waals surface area contributed by atoms with Gasteiger partial charge in [-0.05, 0) is 49.7 Å². The Hall–Kier alpha value is -1.85. The fourth-order valence-corrected chi connectivity index (χ4v) is 4.92. The van der Waals surface area contributed by atoms with E-state index in [-0.39, 0.29) is 12.4 Å². The predicted molar refractivity (Wildman–Crippen MR) is 113 cm³/mol. The highest BCUT2D eigenvalue weighted by Gasteiger charge is 2.27. The van der Waals surface area contributed by atoms with Gasteiger partial charge in [0.2, 0.25) is 11.6 Å². The van der Waals surface area contributed by atoms with Gasteiger partial charge < -0.3 is 14.6 Å². The number of hydrogen-bond donors (Lipinski definition) is 1. The van der Waals surface area contributed by atoms with Crippen LogP contribution < -0.4 is 9.47 Å². The number of carbonyl (C=O) groups is 1. The molecule has 6 heteroatoms. The molecule has 0 bridgehead atoms. The molecule has 0 aliphatic heterocycles. The number of carboxylic acid groups (broad SMARTS) is 1. The van der Waals surface area contributed by atoms with Gasteiger partial charge in [-0.1, -0.05) is 64.7 Å². The lowest BCUT2D eigenvalue weighted by atomic mass is 9.70. The van der Waals surface area contributed by atoms with Crippen LogP contribution in [-0.2, 0) is 0 Å². The van der Waals surface area contributed by atoms with Crippen LogP contribution in [0.4, 0.5) is 13.6 Å². The van der Waals surface area contributed by atoms with Crippen molar-refractivity contribution in [2.24, 2.45) is 17.8 Å². The van der Waals surface area contributed by atoms with Gasteiger partial charge in [0.05, 0.1) is 6.61 Å². The number of halogens is 2. The van der Waals surface area contributed by atoms with Gasteiger partial charge in [-0.15, -0.1) is 0 Å².